The van der Waals surface area contributed by atoms with Gasteiger partial charge >= 0.3 is 6.36 Å². The molecule has 1 aromatic carbocycles. The molecule has 0 radical (unpaired) electrons. The molecule has 178 valence electrons. The molecule has 1 amide bonds. The van der Waals surface area contributed by atoms with Crippen LogP contribution in [-0.2, 0) is 4.79 Å². The zero-order valence-electron chi connectivity index (χ0n) is 18.1. The maximum absolute atomic E-state index is 12.3. The Kier molecular flexibility index (Phi) is 5.60. The van der Waals surface area contributed by atoms with Gasteiger partial charge in [-0.25, -0.2) is 15.0 Å². The van der Waals surface area contributed by atoms with Crippen LogP contribution < -0.4 is 25.0 Å². The molecule has 2 aliphatic rings. The summed E-state index contributed by atoms with van der Waals surface area (Å²) in [6, 6.07) is 9.08. The number of fused-ring (bicyclic) bond motifs is 3. The first kappa shape index (κ1) is 22.1. The molecule has 2 saturated heterocycles. The largest absolute Gasteiger partial charge is 0.573 e. The van der Waals surface area contributed by atoms with Gasteiger partial charge in [0.25, 0.3) is 5.91 Å². The molecule has 5 rings (SSSR count). The highest BCUT2D eigenvalue weighted by Gasteiger charge is 2.39. The van der Waals surface area contributed by atoms with Gasteiger partial charge in [-0.1, -0.05) is 0 Å². The van der Waals surface area contributed by atoms with Gasteiger partial charge in [0.15, 0.2) is 6.61 Å². The van der Waals surface area contributed by atoms with Crippen molar-refractivity contribution < 1.29 is 27.4 Å². The highest BCUT2D eigenvalue weighted by atomic mass is 19.4. The first-order valence-electron chi connectivity index (χ1n) is 10.7. The number of amides is 1. The van der Waals surface area contributed by atoms with Crippen LogP contribution in [0, 0.1) is 6.92 Å². The van der Waals surface area contributed by atoms with Crippen LogP contribution in [0.4, 0.5) is 24.9 Å². The number of aryl methyl sites for hydroxylation is 1. The minimum Gasteiger partial charge on any atom is -0.484 e. The minimum atomic E-state index is -4.77. The molecular weight excluding hydrogens is 453 g/mol. The van der Waals surface area contributed by atoms with Gasteiger partial charge in [0, 0.05) is 25.2 Å². The van der Waals surface area contributed by atoms with E-state index in [1.807, 2.05) is 6.92 Å². The lowest BCUT2D eigenvalue weighted by Gasteiger charge is -2.27. The van der Waals surface area contributed by atoms with Gasteiger partial charge in [0.05, 0.1) is 11.2 Å². The number of hydrogen-bond donors (Lipinski definition) is 2. The molecule has 2 N–H and O–H groups in total. The predicted octanol–water partition coefficient (Wildman–Crippen LogP) is 2.80. The summed E-state index contributed by atoms with van der Waals surface area (Å²) in [4.78, 5) is 28.3. The zero-order valence-corrected chi connectivity index (χ0v) is 18.1. The fourth-order valence-electron chi connectivity index (χ4n) is 4.21. The summed E-state index contributed by atoms with van der Waals surface area (Å²) in [5, 5.41) is 6.10. The summed E-state index contributed by atoms with van der Waals surface area (Å²) in [6.07, 6.45) is -3.68. The van der Waals surface area contributed by atoms with Crippen LogP contribution in [-0.4, -0.2) is 59.0 Å². The number of piperazine rings is 1. The van der Waals surface area contributed by atoms with Gasteiger partial charge in [-0.2, -0.15) is 0 Å². The molecule has 0 saturated carbocycles. The number of benzene rings is 1. The molecule has 0 aliphatic carbocycles. The summed E-state index contributed by atoms with van der Waals surface area (Å²) in [7, 11) is 0. The molecule has 4 heterocycles. The maximum Gasteiger partial charge on any atom is 0.573 e. The Bertz CT molecular complexity index is 1220. The molecule has 9 nitrogen and oxygen atoms in total. The van der Waals surface area contributed by atoms with E-state index in [4.69, 9.17) is 4.74 Å². The Hall–Kier alpha value is -3.67. The number of nitrogens with zero attached hydrogens (tertiary/aromatic N) is 4. The summed E-state index contributed by atoms with van der Waals surface area (Å²) >= 11 is 0. The molecule has 2 atom stereocenters. The average Bonchev–Trinajstić information content (AvgIpc) is 3.42. The second-order valence-corrected chi connectivity index (χ2v) is 8.18. The molecule has 3 aromatic rings. The predicted molar refractivity (Wildman–Crippen MR) is 117 cm³/mol. The van der Waals surface area contributed by atoms with Crippen LogP contribution in [0.15, 0.2) is 36.4 Å². The third-order valence-corrected chi connectivity index (χ3v) is 5.71. The van der Waals surface area contributed by atoms with Gasteiger partial charge < -0.3 is 25.0 Å². The first-order chi connectivity index (χ1) is 16.2. The van der Waals surface area contributed by atoms with Crippen molar-refractivity contribution in [3.8, 4) is 11.5 Å². The number of ether oxygens (including phenoxy) is 2. The molecule has 2 aromatic heterocycles. The lowest BCUT2D eigenvalue weighted by Crippen LogP contribution is -2.44. The van der Waals surface area contributed by atoms with Crippen molar-refractivity contribution in [2.45, 2.75) is 31.8 Å². The topological polar surface area (TPSA) is 102 Å². The second kappa shape index (κ2) is 8.60. The van der Waals surface area contributed by atoms with E-state index in [-0.39, 0.29) is 18.1 Å². The number of carbonyl (C=O) groups excluding carboxylic acids is 1. The number of rotatable bonds is 6. The van der Waals surface area contributed by atoms with E-state index in [2.05, 4.69) is 35.2 Å². The summed E-state index contributed by atoms with van der Waals surface area (Å²) < 4.78 is 45.8. The van der Waals surface area contributed by atoms with Crippen molar-refractivity contribution in [1.82, 2.24) is 20.3 Å². The minimum absolute atomic E-state index is 0.221. The SMILES string of the molecule is Cc1nc(N2CC3CC2CN3)nc2ccc(NC(=O)COc3ccc(OC(F)(F)F)cc3)nc12. The molecule has 2 fully saturated rings. The maximum atomic E-state index is 12.3. The fourth-order valence-corrected chi connectivity index (χ4v) is 4.21. The zero-order chi connectivity index (χ0) is 23.9. The Morgan fingerprint density at radius 1 is 1.15 bits per heavy atom. The smallest absolute Gasteiger partial charge is 0.484 e. The van der Waals surface area contributed by atoms with Gasteiger partial charge in [-0.3, -0.25) is 4.79 Å². The quantitative estimate of drug-likeness (QED) is 0.563. The average molecular weight is 474 g/mol. The molecule has 2 bridgehead atoms. The van der Waals surface area contributed by atoms with Crippen molar-refractivity contribution >= 4 is 28.7 Å². The van der Waals surface area contributed by atoms with Crippen LogP contribution >= 0.6 is 0 Å². The van der Waals surface area contributed by atoms with Crippen molar-refractivity contribution in [2.24, 2.45) is 0 Å². The third kappa shape index (κ3) is 4.81. The monoisotopic (exact) mass is 474 g/mol. The lowest BCUT2D eigenvalue weighted by atomic mass is 10.2. The van der Waals surface area contributed by atoms with Crippen molar-refractivity contribution in [3.05, 3.63) is 42.1 Å². The van der Waals surface area contributed by atoms with E-state index in [0.717, 1.165) is 31.6 Å². The van der Waals surface area contributed by atoms with E-state index in [1.54, 1.807) is 12.1 Å². The first-order valence-corrected chi connectivity index (χ1v) is 10.7. The normalized spacial score (nSPS) is 19.5. The lowest BCUT2D eigenvalue weighted by molar-refractivity contribution is -0.274. The number of carbonyl (C=O) groups is 1. The van der Waals surface area contributed by atoms with E-state index in [1.165, 1.54) is 12.1 Å². The van der Waals surface area contributed by atoms with Crippen molar-refractivity contribution in [1.29, 1.82) is 0 Å². The van der Waals surface area contributed by atoms with Gasteiger partial charge in [-0.15, -0.1) is 13.2 Å². The fraction of sp³-hybridized carbons (Fsp3) is 0.364. The van der Waals surface area contributed by atoms with Crippen molar-refractivity contribution in [3.63, 3.8) is 0 Å². The number of pyridine rings is 1. The van der Waals surface area contributed by atoms with Gasteiger partial charge in [0.2, 0.25) is 5.95 Å². The van der Waals surface area contributed by atoms with E-state index < -0.39 is 12.3 Å². The number of aromatic nitrogens is 3. The Morgan fingerprint density at radius 3 is 2.59 bits per heavy atom. The third-order valence-electron chi connectivity index (χ3n) is 5.71. The van der Waals surface area contributed by atoms with Gasteiger partial charge in [-0.05, 0) is 49.7 Å². The van der Waals surface area contributed by atoms with Crippen molar-refractivity contribution in [2.75, 3.05) is 29.9 Å². The van der Waals surface area contributed by atoms with Crippen LogP contribution in [0.1, 0.15) is 12.1 Å². The standard InChI is InChI=1S/C22H21F3N6O3/c1-12-20-17(28-21(27-12)31-10-13-8-14(31)9-26-13)6-7-18(30-20)29-19(32)11-33-15-2-4-16(5-3-15)34-22(23,24)25/h2-7,13-14,26H,8-11H2,1H3,(H,29,30,32). The Morgan fingerprint density at radius 2 is 1.91 bits per heavy atom. The molecule has 12 heteroatoms. The van der Waals surface area contributed by atoms with Crippen LogP contribution in [0.3, 0.4) is 0 Å². The summed E-state index contributed by atoms with van der Waals surface area (Å²) in [5.74, 6) is 0.382. The highest BCUT2D eigenvalue weighted by Crippen LogP contribution is 2.29. The van der Waals surface area contributed by atoms with Crippen LogP contribution in [0.5, 0.6) is 11.5 Å². The second-order valence-electron chi connectivity index (χ2n) is 8.18. The number of alkyl halides is 3. The summed E-state index contributed by atoms with van der Waals surface area (Å²) in [6.45, 7) is 3.32. The Balaban J connectivity index is 1.21. The number of nitrogens with one attached hydrogen (secondary N) is 2. The van der Waals surface area contributed by atoms with E-state index in [0.29, 0.717) is 40.6 Å². The van der Waals surface area contributed by atoms with Crippen LogP contribution in [0.25, 0.3) is 11.0 Å². The molecule has 2 aliphatic heterocycles. The van der Waals surface area contributed by atoms with Gasteiger partial charge in [0.1, 0.15) is 22.8 Å². The van der Waals surface area contributed by atoms with E-state index >= 15 is 0 Å². The number of anilines is 2. The van der Waals surface area contributed by atoms with Crippen LogP contribution in [0.2, 0.25) is 0 Å². The molecule has 0 spiro atoms. The highest BCUT2D eigenvalue weighted by molar-refractivity contribution is 5.92. The van der Waals surface area contributed by atoms with E-state index in [9.17, 15) is 18.0 Å². The Labute approximate surface area is 192 Å². The molecular formula is C22H21F3N6O3. The number of hydrogen-bond acceptors (Lipinski definition) is 8. The molecule has 34 heavy (non-hydrogen) atoms. The summed E-state index contributed by atoms with van der Waals surface area (Å²) in [5.41, 5.74) is 1.99. The molecule has 2 unspecified atom stereocenters. The number of halogens is 3.